The van der Waals surface area contributed by atoms with Crippen LogP contribution < -0.4 is 0 Å². The monoisotopic (exact) mass is 270 g/mol. The van der Waals surface area contributed by atoms with Crippen molar-refractivity contribution in [1.29, 1.82) is 21.2 Å². The molecular weight excluding hydrogens is 256 g/mol. The van der Waals surface area contributed by atoms with Crippen LogP contribution in [0.1, 0.15) is 32.6 Å². The molecule has 6 heteroatoms. The quantitative estimate of drug-likeness (QED) is 0.721. The minimum atomic E-state index is -1.64. The summed E-state index contributed by atoms with van der Waals surface area (Å²) in [6.07, 6.45) is 2.18. The van der Waals surface area contributed by atoms with Crippen LogP contribution in [0.15, 0.2) is 0 Å². The van der Waals surface area contributed by atoms with Crippen molar-refractivity contribution in [3.8, 4) is 18.2 Å². The van der Waals surface area contributed by atoms with Gasteiger partial charge in [0.1, 0.15) is 0 Å². The zero-order chi connectivity index (χ0) is 14.6. The highest BCUT2D eigenvalue weighted by atomic mass is 16.7. The molecule has 0 aromatic heterocycles. The molecule has 3 saturated heterocycles. The summed E-state index contributed by atoms with van der Waals surface area (Å²) in [5.74, 6) is -1.86. The van der Waals surface area contributed by atoms with Crippen LogP contribution in [0, 0.1) is 56.2 Å². The highest BCUT2D eigenvalue weighted by Gasteiger charge is 2.79. The van der Waals surface area contributed by atoms with Crippen LogP contribution in [-0.4, -0.2) is 17.8 Å². The topological polar surface area (TPSA) is 114 Å². The molecule has 0 aromatic rings. The van der Waals surface area contributed by atoms with Crippen LogP contribution >= 0.6 is 0 Å². The van der Waals surface area contributed by atoms with Gasteiger partial charge in [-0.15, -0.1) is 0 Å². The Bertz CT molecular complexity index is 596. The summed E-state index contributed by atoms with van der Waals surface area (Å²) in [6, 6.07) is 6.13. The van der Waals surface area contributed by atoms with Gasteiger partial charge in [0.05, 0.1) is 30.2 Å². The second-order valence-electron chi connectivity index (χ2n) is 5.75. The van der Waals surface area contributed by atoms with E-state index in [0.717, 1.165) is 12.8 Å². The molecule has 6 nitrogen and oxygen atoms in total. The summed E-state index contributed by atoms with van der Waals surface area (Å²) in [7, 11) is 0. The zero-order valence-electron chi connectivity index (χ0n) is 11.1. The minimum Gasteiger partial charge on any atom is -0.447 e. The second kappa shape index (κ2) is 3.72. The maximum absolute atomic E-state index is 9.70. The van der Waals surface area contributed by atoms with E-state index in [0.29, 0.717) is 12.8 Å². The number of hydrogen-bond donors (Lipinski definition) is 1. The van der Waals surface area contributed by atoms with Crippen molar-refractivity contribution in [2.75, 3.05) is 0 Å². The van der Waals surface area contributed by atoms with Gasteiger partial charge >= 0.3 is 0 Å². The van der Waals surface area contributed by atoms with Crippen LogP contribution in [0.25, 0.3) is 0 Å². The Labute approximate surface area is 117 Å². The number of rotatable bonds is 0. The molecule has 0 radical (unpaired) electrons. The molecule has 4 rings (SSSR count). The lowest BCUT2D eigenvalue weighted by molar-refractivity contribution is -0.353. The largest absolute Gasteiger partial charge is 0.447 e. The fourth-order valence-corrected chi connectivity index (χ4v) is 4.13. The first-order valence-electron chi connectivity index (χ1n) is 6.72. The second-order valence-corrected chi connectivity index (χ2v) is 5.75. The predicted molar refractivity (Wildman–Crippen MR) is 65.8 cm³/mol. The maximum atomic E-state index is 9.70. The molecular formula is C14H14N4O2. The van der Waals surface area contributed by atoms with E-state index in [4.69, 9.17) is 14.9 Å². The lowest BCUT2D eigenvalue weighted by Gasteiger charge is -2.63. The lowest BCUT2D eigenvalue weighted by atomic mass is 9.49. The first kappa shape index (κ1) is 12.9. The molecule has 2 bridgehead atoms. The van der Waals surface area contributed by atoms with Gasteiger partial charge in [-0.1, -0.05) is 6.42 Å². The van der Waals surface area contributed by atoms with E-state index in [1.807, 2.05) is 6.07 Å². The Kier molecular flexibility index (Phi) is 2.40. The Morgan fingerprint density at radius 1 is 1.20 bits per heavy atom. The molecule has 0 amide bonds. The Hall–Kier alpha value is -2.10. The van der Waals surface area contributed by atoms with Crippen LogP contribution in [0.5, 0.6) is 0 Å². The van der Waals surface area contributed by atoms with E-state index in [1.165, 1.54) is 0 Å². The molecule has 1 aliphatic carbocycles. The summed E-state index contributed by atoms with van der Waals surface area (Å²) in [4.78, 5) is 0. The van der Waals surface area contributed by atoms with Gasteiger partial charge < -0.3 is 9.47 Å². The van der Waals surface area contributed by atoms with Gasteiger partial charge in [-0.05, 0) is 19.8 Å². The van der Waals surface area contributed by atoms with E-state index in [9.17, 15) is 15.8 Å². The molecule has 3 heterocycles. The third-order valence-corrected chi connectivity index (χ3v) is 5.09. The summed E-state index contributed by atoms with van der Waals surface area (Å²) >= 11 is 0. The maximum Gasteiger partial charge on any atom is 0.217 e. The van der Waals surface area contributed by atoms with Gasteiger partial charge in [-0.2, -0.15) is 15.8 Å². The Morgan fingerprint density at radius 2 is 1.90 bits per heavy atom. The molecule has 102 valence electrons. The SMILES string of the molecule is C[C@@H]1O[C@@]23CCCC[C@@H]2C(C#N)(C#N)[C@@]1(C#N)C(=N)O3. The molecule has 0 aromatic carbocycles. The van der Waals surface area contributed by atoms with Gasteiger partial charge in [0.2, 0.25) is 11.7 Å². The first-order chi connectivity index (χ1) is 9.53. The summed E-state index contributed by atoms with van der Waals surface area (Å²) < 4.78 is 11.5. The minimum absolute atomic E-state index is 0.292. The molecule has 0 unspecified atom stereocenters. The normalized spacial score (nSPS) is 44.4. The van der Waals surface area contributed by atoms with Crippen LogP contribution in [0.3, 0.4) is 0 Å². The van der Waals surface area contributed by atoms with Crippen molar-refractivity contribution < 1.29 is 9.47 Å². The van der Waals surface area contributed by atoms with Crippen molar-refractivity contribution in [2.45, 2.75) is 44.5 Å². The predicted octanol–water partition coefficient (Wildman–Crippen LogP) is 1.84. The lowest BCUT2D eigenvalue weighted by Crippen LogP contribution is -2.75. The van der Waals surface area contributed by atoms with Crippen molar-refractivity contribution in [2.24, 2.45) is 16.7 Å². The van der Waals surface area contributed by atoms with Crippen LogP contribution in [0.4, 0.5) is 0 Å². The highest BCUT2D eigenvalue weighted by molar-refractivity contribution is 5.88. The molecule has 4 aliphatic rings. The summed E-state index contributed by atoms with van der Waals surface area (Å²) in [5, 5.41) is 37.1. The fourth-order valence-electron chi connectivity index (χ4n) is 4.13. The third-order valence-electron chi connectivity index (χ3n) is 5.09. The van der Waals surface area contributed by atoms with Crippen LogP contribution in [0.2, 0.25) is 0 Å². The Morgan fingerprint density at radius 3 is 2.45 bits per heavy atom. The van der Waals surface area contributed by atoms with Crippen molar-refractivity contribution in [3.05, 3.63) is 0 Å². The van der Waals surface area contributed by atoms with E-state index < -0.39 is 28.6 Å². The molecule has 4 atom stereocenters. The van der Waals surface area contributed by atoms with E-state index >= 15 is 0 Å². The van der Waals surface area contributed by atoms with Crippen LogP contribution in [-0.2, 0) is 9.47 Å². The third kappa shape index (κ3) is 1.05. The van der Waals surface area contributed by atoms with E-state index in [2.05, 4.69) is 12.1 Å². The van der Waals surface area contributed by atoms with Crippen molar-refractivity contribution in [1.82, 2.24) is 0 Å². The standard InChI is InChI=1S/C14H14N4O2/c1-9-13(8-17)11(18)20-14(19-9)5-3-2-4-10(14)12(13,6-15)7-16/h9-10,18H,2-5H2,1H3/t9-,10+,13+,14+/m0/s1. The average Bonchev–Trinajstić information content (AvgIpc) is 2.45. The number of fused-ring (bicyclic) bond motifs is 2. The summed E-state index contributed by atoms with van der Waals surface area (Å²) in [6.45, 7) is 1.65. The van der Waals surface area contributed by atoms with Gasteiger partial charge in [-0.25, -0.2) is 0 Å². The number of hydrogen-bond acceptors (Lipinski definition) is 6. The number of nitrogens with zero attached hydrogens (tertiary/aromatic N) is 3. The molecule has 1 saturated carbocycles. The number of ether oxygens (including phenoxy) is 2. The number of nitrogens with one attached hydrogen (secondary N) is 1. The van der Waals surface area contributed by atoms with Gasteiger partial charge in [0.15, 0.2) is 10.8 Å². The fraction of sp³-hybridized carbons (Fsp3) is 0.714. The Balaban J connectivity index is 2.31. The van der Waals surface area contributed by atoms with Crippen molar-refractivity contribution in [3.63, 3.8) is 0 Å². The molecule has 1 N–H and O–H groups in total. The average molecular weight is 270 g/mol. The van der Waals surface area contributed by atoms with Gasteiger partial charge in [0, 0.05) is 6.42 Å². The van der Waals surface area contributed by atoms with Gasteiger partial charge in [-0.3, -0.25) is 5.41 Å². The molecule has 1 spiro atoms. The zero-order valence-corrected chi connectivity index (χ0v) is 11.1. The smallest absolute Gasteiger partial charge is 0.217 e. The summed E-state index contributed by atoms with van der Waals surface area (Å²) in [5.41, 5.74) is -3.21. The van der Waals surface area contributed by atoms with E-state index in [-0.39, 0.29) is 5.90 Å². The van der Waals surface area contributed by atoms with Gasteiger partial charge in [0.25, 0.3) is 0 Å². The van der Waals surface area contributed by atoms with E-state index in [1.54, 1.807) is 6.92 Å². The molecule has 20 heavy (non-hydrogen) atoms. The van der Waals surface area contributed by atoms with Crippen molar-refractivity contribution >= 4 is 5.90 Å². The molecule has 4 fully saturated rings. The molecule has 3 aliphatic heterocycles. The highest BCUT2D eigenvalue weighted by Crippen LogP contribution is 2.65. The first-order valence-corrected chi connectivity index (χ1v) is 6.72. The number of nitriles is 3.